The Morgan fingerprint density at radius 2 is 1.92 bits per heavy atom. The molecule has 0 aliphatic rings. The topological polar surface area (TPSA) is 29.5 Å². The molecule has 12 heavy (non-hydrogen) atoms. The molecule has 2 heteroatoms. The summed E-state index contributed by atoms with van der Waals surface area (Å²) in [5.74, 6) is 0.821. The Bertz CT molecular complexity index is 228. The molecule has 0 saturated carbocycles. The van der Waals surface area contributed by atoms with Crippen LogP contribution in [0.3, 0.4) is 0 Å². The van der Waals surface area contributed by atoms with E-state index in [2.05, 4.69) is 0 Å². The first-order valence-corrected chi connectivity index (χ1v) is 4.10. The molecule has 0 aromatic heterocycles. The maximum Gasteiger partial charge on any atom is 0.118 e. The lowest BCUT2D eigenvalue weighted by atomic mass is 10.1. The van der Waals surface area contributed by atoms with Gasteiger partial charge in [0.05, 0.1) is 13.2 Å². The summed E-state index contributed by atoms with van der Waals surface area (Å²) >= 11 is 0. The van der Waals surface area contributed by atoms with Crippen molar-refractivity contribution in [2.24, 2.45) is 0 Å². The van der Waals surface area contributed by atoms with Gasteiger partial charge in [0.2, 0.25) is 0 Å². The average molecular weight is 166 g/mol. The van der Waals surface area contributed by atoms with Crippen molar-refractivity contribution in [2.45, 2.75) is 19.4 Å². The minimum atomic E-state index is -0.351. The zero-order valence-electron chi connectivity index (χ0n) is 7.45. The average Bonchev–Trinajstić information content (AvgIpc) is 2.17. The normalized spacial score (nSPS) is 12.6. The first-order chi connectivity index (χ1) is 5.77. The summed E-state index contributed by atoms with van der Waals surface area (Å²) in [6, 6.07) is 7.47. The monoisotopic (exact) mass is 166 g/mol. The second-order valence-electron chi connectivity index (χ2n) is 2.70. The van der Waals surface area contributed by atoms with Gasteiger partial charge in [0.1, 0.15) is 5.75 Å². The van der Waals surface area contributed by atoms with Crippen molar-refractivity contribution in [3.8, 4) is 5.75 Å². The number of aliphatic hydroxyl groups is 1. The molecule has 1 rings (SSSR count). The molecule has 0 radical (unpaired) electrons. The molecule has 0 heterocycles. The van der Waals surface area contributed by atoms with Gasteiger partial charge in [-0.2, -0.15) is 0 Å². The van der Waals surface area contributed by atoms with Crippen LogP contribution in [0.4, 0.5) is 0 Å². The SMILES string of the molecule is CC[C@H](O)c1ccc(OC)cc1. The molecule has 2 nitrogen and oxygen atoms in total. The molecule has 0 amide bonds. The van der Waals surface area contributed by atoms with Gasteiger partial charge in [-0.05, 0) is 24.1 Å². The summed E-state index contributed by atoms with van der Waals surface area (Å²) in [5, 5.41) is 9.45. The third-order valence-electron chi connectivity index (χ3n) is 1.89. The van der Waals surface area contributed by atoms with E-state index in [1.165, 1.54) is 0 Å². The number of aliphatic hydroxyl groups excluding tert-OH is 1. The van der Waals surface area contributed by atoms with Crippen LogP contribution in [-0.2, 0) is 0 Å². The van der Waals surface area contributed by atoms with E-state index in [1.807, 2.05) is 31.2 Å². The molecule has 1 atom stereocenters. The van der Waals surface area contributed by atoms with E-state index >= 15 is 0 Å². The number of methoxy groups -OCH3 is 1. The summed E-state index contributed by atoms with van der Waals surface area (Å²) in [7, 11) is 1.63. The molecule has 0 spiro atoms. The Balaban J connectivity index is 2.77. The number of hydrogen-bond donors (Lipinski definition) is 1. The Kier molecular flexibility index (Phi) is 3.11. The summed E-state index contributed by atoms with van der Waals surface area (Å²) in [6.07, 6.45) is 0.391. The van der Waals surface area contributed by atoms with Crippen LogP contribution in [0.5, 0.6) is 5.75 Å². The van der Waals surface area contributed by atoms with Crippen molar-refractivity contribution in [3.05, 3.63) is 29.8 Å². The fourth-order valence-corrected chi connectivity index (χ4v) is 1.06. The van der Waals surface area contributed by atoms with E-state index in [1.54, 1.807) is 7.11 Å². The largest absolute Gasteiger partial charge is 0.497 e. The maximum absolute atomic E-state index is 9.45. The van der Waals surface area contributed by atoms with Crippen molar-refractivity contribution in [1.29, 1.82) is 0 Å². The van der Waals surface area contributed by atoms with Crippen molar-refractivity contribution < 1.29 is 9.84 Å². The second-order valence-corrected chi connectivity index (χ2v) is 2.70. The van der Waals surface area contributed by atoms with Crippen LogP contribution in [0.2, 0.25) is 0 Å². The van der Waals surface area contributed by atoms with Gasteiger partial charge in [-0.3, -0.25) is 0 Å². The van der Waals surface area contributed by atoms with E-state index < -0.39 is 0 Å². The van der Waals surface area contributed by atoms with Crippen LogP contribution in [0, 0.1) is 0 Å². The van der Waals surface area contributed by atoms with Crippen molar-refractivity contribution in [2.75, 3.05) is 7.11 Å². The smallest absolute Gasteiger partial charge is 0.118 e. The molecular formula is C10H14O2. The predicted molar refractivity (Wildman–Crippen MR) is 48.2 cm³/mol. The zero-order chi connectivity index (χ0) is 8.97. The number of benzene rings is 1. The zero-order valence-corrected chi connectivity index (χ0v) is 7.45. The van der Waals surface area contributed by atoms with Gasteiger partial charge in [-0.25, -0.2) is 0 Å². The second kappa shape index (κ2) is 4.12. The molecule has 0 bridgehead atoms. The van der Waals surface area contributed by atoms with Crippen LogP contribution in [-0.4, -0.2) is 12.2 Å². The fraction of sp³-hybridized carbons (Fsp3) is 0.400. The Morgan fingerprint density at radius 3 is 2.33 bits per heavy atom. The Hall–Kier alpha value is -1.02. The van der Waals surface area contributed by atoms with Crippen LogP contribution >= 0.6 is 0 Å². The van der Waals surface area contributed by atoms with Crippen LogP contribution in [0.1, 0.15) is 25.0 Å². The lowest BCUT2D eigenvalue weighted by Crippen LogP contribution is -1.94. The first kappa shape index (κ1) is 9.07. The molecule has 0 fully saturated rings. The fourth-order valence-electron chi connectivity index (χ4n) is 1.06. The highest BCUT2D eigenvalue weighted by Gasteiger charge is 2.03. The number of hydrogen-bond acceptors (Lipinski definition) is 2. The molecule has 0 aliphatic carbocycles. The van der Waals surface area contributed by atoms with Gasteiger partial charge in [-0.1, -0.05) is 19.1 Å². The molecule has 1 aromatic carbocycles. The molecule has 1 N–H and O–H groups in total. The summed E-state index contributed by atoms with van der Waals surface area (Å²) in [4.78, 5) is 0. The number of ether oxygens (including phenoxy) is 1. The maximum atomic E-state index is 9.45. The van der Waals surface area contributed by atoms with E-state index in [0.717, 1.165) is 17.7 Å². The highest BCUT2D eigenvalue weighted by molar-refractivity contribution is 5.28. The lowest BCUT2D eigenvalue weighted by molar-refractivity contribution is 0.173. The van der Waals surface area contributed by atoms with Gasteiger partial charge in [0.15, 0.2) is 0 Å². The summed E-state index contributed by atoms with van der Waals surface area (Å²) in [5.41, 5.74) is 0.943. The molecule has 0 aliphatic heterocycles. The quantitative estimate of drug-likeness (QED) is 0.745. The van der Waals surface area contributed by atoms with Gasteiger partial charge in [0, 0.05) is 0 Å². The molecule has 66 valence electrons. The van der Waals surface area contributed by atoms with Crippen molar-refractivity contribution in [3.63, 3.8) is 0 Å². The van der Waals surface area contributed by atoms with Crippen LogP contribution < -0.4 is 4.74 Å². The summed E-state index contributed by atoms with van der Waals surface area (Å²) < 4.78 is 5.00. The summed E-state index contributed by atoms with van der Waals surface area (Å²) in [6.45, 7) is 1.95. The first-order valence-electron chi connectivity index (χ1n) is 4.10. The van der Waals surface area contributed by atoms with Crippen molar-refractivity contribution >= 4 is 0 Å². The molecule has 1 aromatic rings. The number of rotatable bonds is 3. The van der Waals surface area contributed by atoms with Crippen LogP contribution in [0.25, 0.3) is 0 Å². The van der Waals surface area contributed by atoms with E-state index in [4.69, 9.17) is 4.74 Å². The van der Waals surface area contributed by atoms with Gasteiger partial charge in [0.25, 0.3) is 0 Å². The Labute approximate surface area is 72.8 Å². The minimum absolute atomic E-state index is 0.351. The Morgan fingerprint density at radius 1 is 1.33 bits per heavy atom. The van der Waals surface area contributed by atoms with Gasteiger partial charge < -0.3 is 9.84 Å². The third kappa shape index (κ3) is 1.98. The lowest BCUT2D eigenvalue weighted by Gasteiger charge is -2.08. The van der Waals surface area contributed by atoms with E-state index in [-0.39, 0.29) is 6.10 Å². The van der Waals surface area contributed by atoms with E-state index in [0.29, 0.717) is 0 Å². The molecule has 0 unspecified atom stereocenters. The van der Waals surface area contributed by atoms with Gasteiger partial charge >= 0.3 is 0 Å². The third-order valence-corrected chi connectivity index (χ3v) is 1.89. The molecule has 0 saturated heterocycles. The van der Waals surface area contributed by atoms with Gasteiger partial charge in [-0.15, -0.1) is 0 Å². The molecular weight excluding hydrogens is 152 g/mol. The predicted octanol–water partition coefficient (Wildman–Crippen LogP) is 2.14. The van der Waals surface area contributed by atoms with Crippen molar-refractivity contribution in [1.82, 2.24) is 0 Å². The minimum Gasteiger partial charge on any atom is -0.497 e. The van der Waals surface area contributed by atoms with E-state index in [9.17, 15) is 5.11 Å². The standard InChI is InChI=1S/C10H14O2/c1-3-10(11)8-4-6-9(12-2)7-5-8/h4-7,10-11H,3H2,1-2H3/t10-/m0/s1. The highest BCUT2D eigenvalue weighted by atomic mass is 16.5. The highest BCUT2D eigenvalue weighted by Crippen LogP contribution is 2.19. The van der Waals surface area contributed by atoms with Crippen LogP contribution in [0.15, 0.2) is 24.3 Å².